The molecule has 1 heterocycles. The van der Waals surface area contributed by atoms with Crippen LogP contribution in [-0.4, -0.2) is 39.5 Å². The third-order valence-corrected chi connectivity index (χ3v) is 1.40. The second-order valence-corrected chi connectivity index (χ2v) is 2.33. The molecule has 0 spiro atoms. The van der Waals surface area contributed by atoms with Crippen LogP contribution in [0.15, 0.2) is 0 Å². The van der Waals surface area contributed by atoms with Crippen molar-refractivity contribution in [3.8, 4) is 0 Å². The largest absolute Gasteiger partial charge is 0.382 e. The molecule has 0 bridgehead atoms. The van der Waals surface area contributed by atoms with Gasteiger partial charge in [0.2, 0.25) is 0 Å². The minimum absolute atomic E-state index is 0.137. The maximum absolute atomic E-state index is 5.24. The molecule has 66 valence electrons. The van der Waals surface area contributed by atoms with Gasteiger partial charge in [0, 0.05) is 7.11 Å². The fraction of sp³-hybridized carbons (Fsp3) is 1.00. The van der Waals surface area contributed by atoms with Crippen molar-refractivity contribution in [2.24, 2.45) is 0 Å². The molecule has 0 radical (unpaired) electrons. The number of rotatable bonds is 4. The van der Waals surface area contributed by atoms with Gasteiger partial charge in [-0.15, -0.1) is 0 Å². The zero-order chi connectivity index (χ0) is 8.10. The van der Waals surface area contributed by atoms with E-state index < -0.39 is 0 Å². The van der Waals surface area contributed by atoms with E-state index in [0.717, 1.165) is 0 Å². The van der Waals surface area contributed by atoms with E-state index in [4.69, 9.17) is 18.9 Å². The van der Waals surface area contributed by atoms with Gasteiger partial charge in [-0.2, -0.15) is 0 Å². The molecule has 11 heavy (non-hydrogen) atoms. The second-order valence-electron chi connectivity index (χ2n) is 2.33. The third kappa shape index (κ3) is 3.16. The van der Waals surface area contributed by atoms with E-state index >= 15 is 0 Å². The van der Waals surface area contributed by atoms with Crippen molar-refractivity contribution in [3.63, 3.8) is 0 Å². The summed E-state index contributed by atoms with van der Waals surface area (Å²) in [6.45, 7) is 3.51. The summed E-state index contributed by atoms with van der Waals surface area (Å²) in [5.74, 6) is 0. The van der Waals surface area contributed by atoms with Crippen LogP contribution in [0.25, 0.3) is 0 Å². The molecule has 1 fully saturated rings. The van der Waals surface area contributed by atoms with Crippen LogP contribution in [-0.2, 0) is 18.9 Å². The summed E-state index contributed by atoms with van der Waals surface area (Å²) in [7, 11) is 1.64. The smallest absolute Gasteiger partial charge is 0.184 e. The van der Waals surface area contributed by atoms with Crippen LogP contribution in [0.2, 0.25) is 0 Å². The van der Waals surface area contributed by atoms with E-state index in [1.807, 2.05) is 6.92 Å². The van der Waals surface area contributed by atoms with Crippen molar-refractivity contribution in [1.82, 2.24) is 0 Å². The number of hydrogen-bond donors (Lipinski definition) is 0. The van der Waals surface area contributed by atoms with E-state index in [0.29, 0.717) is 19.8 Å². The SMILES string of the molecule is COCCOC1COC(C)O1. The van der Waals surface area contributed by atoms with Gasteiger partial charge in [-0.05, 0) is 6.92 Å². The van der Waals surface area contributed by atoms with Crippen molar-refractivity contribution in [2.45, 2.75) is 19.5 Å². The predicted octanol–water partition coefficient (Wildman–Crippen LogP) is 0.368. The Morgan fingerprint density at radius 1 is 1.45 bits per heavy atom. The highest BCUT2D eigenvalue weighted by Crippen LogP contribution is 2.10. The molecule has 0 saturated carbocycles. The molecule has 1 aliphatic rings. The molecule has 2 unspecified atom stereocenters. The van der Waals surface area contributed by atoms with Gasteiger partial charge in [0.15, 0.2) is 12.6 Å². The van der Waals surface area contributed by atoms with E-state index in [1.165, 1.54) is 0 Å². The molecule has 4 nitrogen and oxygen atoms in total. The third-order valence-electron chi connectivity index (χ3n) is 1.40. The lowest BCUT2D eigenvalue weighted by atomic mass is 10.7. The average Bonchev–Trinajstić information content (AvgIpc) is 2.37. The molecule has 1 saturated heterocycles. The summed E-state index contributed by atoms with van der Waals surface area (Å²) in [5, 5.41) is 0. The molecule has 0 aromatic rings. The van der Waals surface area contributed by atoms with Crippen molar-refractivity contribution < 1.29 is 18.9 Å². The minimum Gasteiger partial charge on any atom is -0.382 e. The summed E-state index contributed by atoms with van der Waals surface area (Å²) >= 11 is 0. The summed E-state index contributed by atoms with van der Waals surface area (Å²) in [6, 6.07) is 0. The summed E-state index contributed by atoms with van der Waals surface area (Å²) in [6.07, 6.45) is -0.345. The Morgan fingerprint density at radius 3 is 2.82 bits per heavy atom. The average molecular weight is 162 g/mol. The van der Waals surface area contributed by atoms with Gasteiger partial charge < -0.3 is 18.9 Å². The first-order chi connectivity index (χ1) is 5.33. The molecular formula is C7H14O4. The van der Waals surface area contributed by atoms with Gasteiger partial charge in [0.25, 0.3) is 0 Å². The first-order valence-corrected chi connectivity index (χ1v) is 3.70. The van der Waals surface area contributed by atoms with Crippen LogP contribution in [0.4, 0.5) is 0 Å². The molecule has 4 heteroatoms. The van der Waals surface area contributed by atoms with Crippen LogP contribution < -0.4 is 0 Å². The van der Waals surface area contributed by atoms with Gasteiger partial charge in [-0.3, -0.25) is 0 Å². The Kier molecular flexibility index (Phi) is 3.79. The Labute approximate surface area is 66.4 Å². The van der Waals surface area contributed by atoms with E-state index in [1.54, 1.807) is 7.11 Å². The topological polar surface area (TPSA) is 36.9 Å². The maximum atomic E-state index is 5.24. The zero-order valence-corrected chi connectivity index (χ0v) is 6.91. The minimum atomic E-state index is -0.208. The first-order valence-electron chi connectivity index (χ1n) is 3.70. The molecule has 0 aliphatic carbocycles. The highest BCUT2D eigenvalue weighted by atomic mass is 16.8. The highest BCUT2D eigenvalue weighted by Gasteiger charge is 2.22. The summed E-state index contributed by atoms with van der Waals surface area (Å²) in [4.78, 5) is 0. The lowest BCUT2D eigenvalue weighted by Crippen LogP contribution is -2.17. The standard InChI is InChI=1S/C7H14O4/c1-6-10-5-7(11-6)9-4-3-8-2/h6-7H,3-5H2,1-2H3. The fourth-order valence-corrected chi connectivity index (χ4v) is 0.857. The van der Waals surface area contributed by atoms with E-state index in [-0.39, 0.29) is 12.6 Å². The highest BCUT2D eigenvalue weighted by molar-refractivity contribution is 4.51. The molecule has 0 aromatic carbocycles. The molecular weight excluding hydrogens is 148 g/mol. The Balaban J connectivity index is 1.99. The van der Waals surface area contributed by atoms with Gasteiger partial charge in [0.05, 0.1) is 13.2 Å². The summed E-state index contributed by atoms with van der Waals surface area (Å²) < 4.78 is 20.4. The first kappa shape index (κ1) is 8.93. The van der Waals surface area contributed by atoms with Gasteiger partial charge in [-0.25, -0.2) is 0 Å². The molecule has 1 rings (SSSR count). The van der Waals surface area contributed by atoms with E-state index in [2.05, 4.69) is 0 Å². The van der Waals surface area contributed by atoms with Crippen molar-refractivity contribution in [3.05, 3.63) is 0 Å². The second kappa shape index (κ2) is 4.66. The Hall–Kier alpha value is -0.160. The van der Waals surface area contributed by atoms with Crippen LogP contribution in [0.3, 0.4) is 0 Å². The van der Waals surface area contributed by atoms with Crippen LogP contribution in [0.5, 0.6) is 0 Å². The molecule has 0 N–H and O–H groups in total. The number of ether oxygens (including phenoxy) is 4. The molecule has 1 aliphatic heterocycles. The maximum Gasteiger partial charge on any atom is 0.184 e. The number of hydrogen-bond acceptors (Lipinski definition) is 4. The fourth-order valence-electron chi connectivity index (χ4n) is 0.857. The number of methoxy groups -OCH3 is 1. The van der Waals surface area contributed by atoms with Crippen LogP contribution >= 0.6 is 0 Å². The Morgan fingerprint density at radius 2 is 2.27 bits per heavy atom. The lowest BCUT2D eigenvalue weighted by molar-refractivity contribution is -0.142. The summed E-state index contributed by atoms with van der Waals surface area (Å²) in [5.41, 5.74) is 0. The van der Waals surface area contributed by atoms with Gasteiger partial charge >= 0.3 is 0 Å². The quantitative estimate of drug-likeness (QED) is 0.559. The molecule has 0 amide bonds. The Bertz CT molecular complexity index is 107. The lowest BCUT2D eigenvalue weighted by Gasteiger charge is -2.08. The molecule has 2 atom stereocenters. The monoisotopic (exact) mass is 162 g/mol. The predicted molar refractivity (Wildman–Crippen MR) is 38.1 cm³/mol. The van der Waals surface area contributed by atoms with Crippen molar-refractivity contribution in [1.29, 1.82) is 0 Å². The van der Waals surface area contributed by atoms with Crippen LogP contribution in [0, 0.1) is 0 Å². The van der Waals surface area contributed by atoms with Gasteiger partial charge in [0.1, 0.15) is 6.61 Å². The van der Waals surface area contributed by atoms with Crippen molar-refractivity contribution >= 4 is 0 Å². The van der Waals surface area contributed by atoms with Crippen LogP contribution in [0.1, 0.15) is 6.92 Å². The van der Waals surface area contributed by atoms with E-state index in [9.17, 15) is 0 Å². The van der Waals surface area contributed by atoms with Crippen molar-refractivity contribution in [2.75, 3.05) is 26.9 Å². The molecule has 0 aromatic heterocycles. The normalized spacial score (nSPS) is 31.1. The zero-order valence-electron chi connectivity index (χ0n) is 6.91. The van der Waals surface area contributed by atoms with Gasteiger partial charge in [-0.1, -0.05) is 0 Å².